The van der Waals surface area contributed by atoms with E-state index >= 15 is 0 Å². The third-order valence-corrected chi connectivity index (χ3v) is 6.83. The normalized spacial score (nSPS) is 12.2. The summed E-state index contributed by atoms with van der Waals surface area (Å²) >= 11 is 0. The predicted molar refractivity (Wildman–Crippen MR) is 170 cm³/mol. The van der Waals surface area contributed by atoms with Crippen LogP contribution in [-0.4, -0.2) is 32.4 Å². The molecule has 6 nitrogen and oxygen atoms in total. The van der Waals surface area contributed by atoms with E-state index in [4.69, 9.17) is 10.2 Å². The summed E-state index contributed by atoms with van der Waals surface area (Å²) in [5.41, 5.74) is 4.76. The number of benzene rings is 2. The van der Waals surface area contributed by atoms with Crippen molar-refractivity contribution in [1.29, 1.82) is 0 Å². The van der Waals surface area contributed by atoms with Crippen LogP contribution in [0.1, 0.15) is 137 Å². The molecular formula is C35H56O6. The number of aryl methyl sites for hydroxylation is 2. The highest BCUT2D eigenvalue weighted by Crippen LogP contribution is 2.41. The molecule has 2 aromatic rings. The number of carboxylic acids is 2. The van der Waals surface area contributed by atoms with Crippen LogP contribution in [0, 0.1) is 0 Å². The number of phenols is 2. The number of aliphatic carboxylic acids is 2. The minimum Gasteiger partial charge on any atom is -0.507 e. The minimum absolute atomic E-state index is 0. The van der Waals surface area contributed by atoms with Gasteiger partial charge in [0.15, 0.2) is 0 Å². The average molecular weight is 573 g/mol. The fourth-order valence-electron chi connectivity index (χ4n) is 4.47. The molecule has 41 heavy (non-hydrogen) atoms. The lowest BCUT2D eigenvalue weighted by molar-refractivity contribution is -0.138. The molecule has 0 saturated heterocycles. The lowest BCUT2D eigenvalue weighted by Gasteiger charge is -2.28. The van der Waals surface area contributed by atoms with Crippen molar-refractivity contribution in [2.45, 2.75) is 138 Å². The van der Waals surface area contributed by atoms with Crippen molar-refractivity contribution in [2.75, 3.05) is 0 Å². The molecule has 0 aliphatic rings. The van der Waals surface area contributed by atoms with Gasteiger partial charge in [0.05, 0.1) is 0 Å². The second-order valence-corrected chi connectivity index (χ2v) is 14.9. The zero-order valence-electron chi connectivity index (χ0n) is 26.7. The molecular weight excluding hydrogens is 516 g/mol. The quantitative estimate of drug-likeness (QED) is 0.275. The van der Waals surface area contributed by atoms with Gasteiger partial charge in [0, 0.05) is 12.8 Å². The molecule has 0 unspecified atom stereocenters. The Bertz CT molecular complexity index is 1030. The Morgan fingerprint density at radius 3 is 0.854 bits per heavy atom. The fraction of sp³-hybridized carbons (Fsp3) is 0.600. The monoisotopic (exact) mass is 572 g/mol. The number of aromatic hydroxyl groups is 2. The molecule has 0 heterocycles. The van der Waals surface area contributed by atoms with Crippen molar-refractivity contribution < 1.29 is 30.0 Å². The van der Waals surface area contributed by atoms with Gasteiger partial charge in [0.2, 0.25) is 0 Å². The molecule has 2 aromatic carbocycles. The van der Waals surface area contributed by atoms with Crippen LogP contribution in [0.15, 0.2) is 24.3 Å². The summed E-state index contributed by atoms with van der Waals surface area (Å²) in [6.07, 6.45) is 1.19. The third-order valence-electron chi connectivity index (χ3n) is 6.83. The zero-order valence-corrected chi connectivity index (χ0v) is 26.7. The van der Waals surface area contributed by atoms with Crippen LogP contribution in [0.2, 0.25) is 0 Å². The summed E-state index contributed by atoms with van der Waals surface area (Å²) in [7, 11) is 0. The van der Waals surface area contributed by atoms with Gasteiger partial charge in [-0.15, -0.1) is 0 Å². The van der Waals surface area contributed by atoms with Crippen LogP contribution in [0.3, 0.4) is 0 Å². The van der Waals surface area contributed by atoms with E-state index in [1.165, 1.54) is 0 Å². The van der Waals surface area contributed by atoms with Gasteiger partial charge in [0.25, 0.3) is 0 Å². The molecule has 0 radical (unpaired) electrons. The molecule has 0 atom stereocenters. The first-order chi connectivity index (χ1) is 17.9. The van der Waals surface area contributed by atoms with Crippen LogP contribution >= 0.6 is 0 Å². The number of hydrogen-bond acceptors (Lipinski definition) is 4. The summed E-state index contributed by atoms with van der Waals surface area (Å²) in [6.45, 7) is 24.6. The number of hydrogen-bond donors (Lipinski definition) is 4. The average Bonchev–Trinajstić information content (AvgIpc) is 2.74. The number of phenolic OH excluding ortho intramolecular Hbond substituents is 2. The summed E-state index contributed by atoms with van der Waals surface area (Å²) in [5, 5.41) is 38.8. The van der Waals surface area contributed by atoms with E-state index in [2.05, 4.69) is 83.1 Å². The summed E-state index contributed by atoms with van der Waals surface area (Å²) in [4.78, 5) is 21.5. The first-order valence-corrected chi connectivity index (χ1v) is 14.0. The maximum atomic E-state index is 10.8. The highest BCUT2D eigenvalue weighted by Gasteiger charge is 2.27. The standard InChI is InChI=1S/2C17H26O3.CH4/c2*1-16(2,3)12-9-11(7-8-14(18)19)10-13(15(12)20)17(4,5)6;/h2*9-10,20H,7-8H2,1-6H3,(H,18,19);1H4. The molecule has 0 saturated carbocycles. The van der Waals surface area contributed by atoms with Crippen LogP contribution in [0.25, 0.3) is 0 Å². The molecule has 0 amide bonds. The second-order valence-electron chi connectivity index (χ2n) is 14.9. The molecule has 4 N–H and O–H groups in total. The van der Waals surface area contributed by atoms with E-state index in [0.29, 0.717) is 24.3 Å². The molecule has 0 aromatic heterocycles. The number of rotatable bonds is 6. The van der Waals surface area contributed by atoms with Gasteiger partial charge in [-0.25, -0.2) is 0 Å². The van der Waals surface area contributed by atoms with Crippen molar-refractivity contribution in [3.63, 3.8) is 0 Å². The predicted octanol–water partition coefficient (Wildman–Crippen LogP) is 8.64. The van der Waals surface area contributed by atoms with E-state index in [1.807, 2.05) is 24.3 Å². The van der Waals surface area contributed by atoms with Gasteiger partial charge in [0.1, 0.15) is 11.5 Å². The molecule has 0 aliphatic heterocycles. The van der Waals surface area contributed by atoms with Gasteiger partial charge in [-0.1, -0.05) is 115 Å². The van der Waals surface area contributed by atoms with E-state index < -0.39 is 11.9 Å². The van der Waals surface area contributed by atoms with E-state index in [0.717, 1.165) is 33.4 Å². The maximum Gasteiger partial charge on any atom is 0.303 e. The first-order valence-electron chi connectivity index (χ1n) is 14.0. The molecule has 6 heteroatoms. The number of carboxylic acid groups (broad SMARTS) is 2. The topological polar surface area (TPSA) is 115 Å². The Hall–Kier alpha value is -3.02. The zero-order chi connectivity index (χ0) is 31.4. The molecule has 0 spiro atoms. The molecule has 0 bridgehead atoms. The Balaban J connectivity index is 0.000000762. The largest absolute Gasteiger partial charge is 0.507 e. The van der Waals surface area contributed by atoms with Gasteiger partial charge < -0.3 is 20.4 Å². The highest BCUT2D eigenvalue weighted by molar-refractivity contribution is 5.67. The molecule has 0 aliphatic carbocycles. The lowest BCUT2D eigenvalue weighted by atomic mass is 9.78. The van der Waals surface area contributed by atoms with Gasteiger partial charge in [-0.3, -0.25) is 9.59 Å². The molecule has 232 valence electrons. The Labute approximate surface area is 248 Å². The summed E-state index contributed by atoms with van der Waals surface area (Å²) < 4.78 is 0. The summed E-state index contributed by atoms with van der Waals surface area (Å²) in [5.74, 6) is -0.923. The number of carbonyl (C=O) groups is 2. The maximum absolute atomic E-state index is 10.8. The minimum atomic E-state index is -0.798. The van der Waals surface area contributed by atoms with Gasteiger partial charge in [-0.2, -0.15) is 0 Å². The van der Waals surface area contributed by atoms with Gasteiger partial charge in [-0.05, 0) is 67.9 Å². The van der Waals surface area contributed by atoms with Crippen molar-refractivity contribution in [3.05, 3.63) is 57.6 Å². The molecule has 0 fully saturated rings. The van der Waals surface area contributed by atoms with Crippen molar-refractivity contribution in [2.24, 2.45) is 0 Å². The SMILES string of the molecule is C.CC(C)(C)c1cc(CCC(=O)O)cc(C(C)(C)C)c1O.CC(C)(C)c1cc(CCC(=O)O)cc(C(C)(C)C)c1O. The Kier molecular flexibility index (Phi) is 12.7. The van der Waals surface area contributed by atoms with E-state index in [1.54, 1.807) is 0 Å². The van der Waals surface area contributed by atoms with E-state index in [9.17, 15) is 19.8 Å². The first kappa shape index (κ1) is 38.0. The fourth-order valence-corrected chi connectivity index (χ4v) is 4.47. The second kappa shape index (κ2) is 13.8. The summed E-state index contributed by atoms with van der Waals surface area (Å²) in [6, 6.07) is 7.75. The smallest absolute Gasteiger partial charge is 0.303 e. The Morgan fingerprint density at radius 1 is 0.512 bits per heavy atom. The van der Waals surface area contributed by atoms with Crippen LogP contribution in [-0.2, 0) is 44.1 Å². The van der Waals surface area contributed by atoms with Crippen LogP contribution in [0.5, 0.6) is 11.5 Å². The van der Waals surface area contributed by atoms with Gasteiger partial charge >= 0.3 is 11.9 Å². The highest BCUT2D eigenvalue weighted by atomic mass is 16.4. The lowest BCUT2D eigenvalue weighted by Crippen LogP contribution is -2.18. The Morgan fingerprint density at radius 2 is 0.707 bits per heavy atom. The van der Waals surface area contributed by atoms with Crippen molar-refractivity contribution in [1.82, 2.24) is 0 Å². The molecule has 2 rings (SSSR count). The third kappa shape index (κ3) is 11.4. The van der Waals surface area contributed by atoms with E-state index in [-0.39, 0.29) is 41.9 Å². The van der Waals surface area contributed by atoms with Crippen LogP contribution in [0.4, 0.5) is 0 Å². The van der Waals surface area contributed by atoms with Crippen LogP contribution < -0.4 is 0 Å². The van der Waals surface area contributed by atoms with Crippen molar-refractivity contribution in [3.8, 4) is 11.5 Å². The van der Waals surface area contributed by atoms with Crippen molar-refractivity contribution >= 4 is 11.9 Å².